The van der Waals surface area contributed by atoms with Gasteiger partial charge in [0.2, 0.25) is 11.8 Å². The van der Waals surface area contributed by atoms with Crippen LogP contribution in [0, 0.1) is 0 Å². The Morgan fingerprint density at radius 2 is 2.18 bits per heavy atom. The number of methoxy groups -OCH3 is 1. The van der Waals surface area contributed by atoms with Crippen molar-refractivity contribution in [2.75, 3.05) is 7.11 Å². The molecule has 0 fully saturated rings. The number of nitrogens with zero attached hydrogens (tertiary/aromatic N) is 1. The zero-order valence-electron chi connectivity index (χ0n) is 9.38. The molecule has 0 aliphatic heterocycles. The van der Waals surface area contributed by atoms with E-state index in [-0.39, 0.29) is 0 Å². The molecule has 0 saturated carbocycles. The smallest absolute Gasteiger partial charge is 0.241 e. The summed E-state index contributed by atoms with van der Waals surface area (Å²) in [5.41, 5.74) is 6.68. The zero-order chi connectivity index (χ0) is 12.3. The number of hydrogen-bond acceptors (Lipinski definition) is 3. The van der Waals surface area contributed by atoms with Crippen molar-refractivity contribution in [2.24, 2.45) is 5.73 Å². The lowest BCUT2D eigenvalue weighted by molar-refractivity contribution is -0.113. The van der Waals surface area contributed by atoms with Crippen molar-refractivity contribution in [3.05, 3.63) is 42.0 Å². The first-order valence-electron chi connectivity index (χ1n) is 5.12. The van der Waals surface area contributed by atoms with Crippen LogP contribution in [0.3, 0.4) is 0 Å². The van der Waals surface area contributed by atoms with Crippen LogP contribution >= 0.6 is 0 Å². The molecule has 0 aliphatic carbocycles. The second-order valence-corrected chi connectivity index (χ2v) is 3.51. The summed E-state index contributed by atoms with van der Waals surface area (Å²) in [5, 5.41) is 0.984. The molecule has 2 N–H and O–H groups in total. The molecule has 2 aromatic rings. The number of amides is 1. The van der Waals surface area contributed by atoms with E-state index in [1.54, 1.807) is 19.3 Å². The molecule has 17 heavy (non-hydrogen) atoms. The van der Waals surface area contributed by atoms with E-state index in [1.165, 1.54) is 6.08 Å². The van der Waals surface area contributed by atoms with Gasteiger partial charge < -0.3 is 10.5 Å². The minimum Gasteiger partial charge on any atom is -0.481 e. The average Bonchev–Trinajstić information content (AvgIpc) is 2.35. The Balaban J connectivity index is 2.58. The summed E-state index contributed by atoms with van der Waals surface area (Å²) in [6.45, 7) is 0. The van der Waals surface area contributed by atoms with Gasteiger partial charge in [0.05, 0.1) is 12.6 Å². The van der Waals surface area contributed by atoms with Crippen LogP contribution in [0.2, 0.25) is 0 Å². The van der Waals surface area contributed by atoms with Gasteiger partial charge in [-0.05, 0) is 12.1 Å². The van der Waals surface area contributed by atoms with Crippen LogP contribution in [-0.2, 0) is 4.79 Å². The number of fused-ring (bicyclic) bond motifs is 1. The van der Waals surface area contributed by atoms with Crippen molar-refractivity contribution < 1.29 is 9.53 Å². The highest BCUT2D eigenvalue weighted by Gasteiger charge is 2.01. The molecule has 1 heterocycles. The SMILES string of the molecule is COc1ccc2cccc(C=CC(N)=O)c2n1. The maximum atomic E-state index is 10.7. The Morgan fingerprint density at radius 3 is 2.88 bits per heavy atom. The van der Waals surface area contributed by atoms with Gasteiger partial charge in [0.1, 0.15) is 0 Å². The van der Waals surface area contributed by atoms with Crippen molar-refractivity contribution >= 4 is 22.9 Å². The summed E-state index contributed by atoms with van der Waals surface area (Å²) < 4.78 is 5.08. The number of hydrogen-bond donors (Lipinski definition) is 1. The number of para-hydroxylation sites is 1. The standard InChI is InChI=1S/C13H12N2O2/c1-17-12-8-6-10-4-2-3-9(13(10)15-12)5-7-11(14)16/h2-8H,1H3,(H2,14,16). The van der Waals surface area contributed by atoms with Crippen molar-refractivity contribution in [1.82, 2.24) is 4.98 Å². The molecule has 1 amide bonds. The maximum absolute atomic E-state index is 10.7. The summed E-state index contributed by atoms with van der Waals surface area (Å²) in [6.07, 6.45) is 2.97. The molecule has 2 rings (SSSR count). The number of ether oxygens (including phenoxy) is 1. The van der Waals surface area contributed by atoms with Crippen LogP contribution in [0.4, 0.5) is 0 Å². The minimum atomic E-state index is -0.482. The number of carbonyl (C=O) groups is 1. The van der Waals surface area contributed by atoms with E-state index in [4.69, 9.17) is 10.5 Å². The average molecular weight is 228 g/mol. The predicted molar refractivity (Wildman–Crippen MR) is 66.5 cm³/mol. The van der Waals surface area contributed by atoms with Crippen molar-refractivity contribution in [1.29, 1.82) is 0 Å². The number of carbonyl (C=O) groups excluding carboxylic acids is 1. The first-order valence-corrected chi connectivity index (χ1v) is 5.12. The summed E-state index contributed by atoms with van der Waals surface area (Å²) in [7, 11) is 1.57. The molecular formula is C13H12N2O2. The fourth-order valence-corrected chi connectivity index (χ4v) is 1.57. The molecule has 86 valence electrons. The van der Waals surface area contributed by atoms with Crippen LogP contribution in [0.15, 0.2) is 36.4 Å². The van der Waals surface area contributed by atoms with Crippen LogP contribution in [0.1, 0.15) is 5.56 Å². The van der Waals surface area contributed by atoms with Crippen molar-refractivity contribution in [2.45, 2.75) is 0 Å². The van der Waals surface area contributed by atoms with Gasteiger partial charge >= 0.3 is 0 Å². The van der Waals surface area contributed by atoms with Gasteiger partial charge in [0, 0.05) is 23.1 Å². The Labute approximate surface area is 98.7 Å². The number of aromatic nitrogens is 1. The number of primary amides is 1. The molecule has 0 atom stereocenters. The molecule has 0 radical (unpaired) electrons. The Kier molecular flexibility index (Phi) is 3.05. The van der Waals surface area contributed by atoms with E-state index >= 15 is 0 Å². The van der Waals surface area contributed by atoms with Gasteiger partial charge in [-0.3, -0.25) is 4.79 Å². The number of benzene rings is 1. The number of nitrogens with two attached hydrogens (primary N) is 1. The van der Waals surface area contributed by atoms with Gasteiger partial charge in [-0.25, -0.2) is 4.98 Å². The highest BCUT2D eigenvalue weighted by Crippen LogP contribution is 2.21. The third kappa shape index (κ3) is 2.42. The lowest BCUT2D eigenvalue weighted by atomic mass is 10.1. The highest BCUT2D eigenvalue weighted by molar-refractivity contribution is 5.94. The summed E-state index contributed by atoms with van der Waals surface area (Å²) in [4.78, 5) is 15.1. The summed E-state index contributed by atoms with van der Waals surface area (Å²) in [6, 6.07) is 9.43. The first kappa shape index (κ1) is 11.1. The molecule has 0 spiro atoms. The van der Waals surface area contributed by atoms with E-state index in [1.807, 2.05) is 24.3 Å². The molecule has 4 heteroatoms. The third-order valence-corrected chi connectivity index (χ3v) is 2.36. The number of pyridine rings is 1. The van der Waals surface area contributed by atoms with Crippen LogP contribution in [-0.4, -0.2) is 18.0 Å². The summed E-state index contributed by atoms with van der Waals surface area (Å²) >= 11 is 0. The quantitative estimate of drug-likeness (QED) is 0.814. The van der Waals surface area contributed by atoms with E-state index in [0.29, 0.717) is 5.88 Å². The normalized spacial score (nSPS) is 10.9. The Morgan fingerprint density at radius 1 is 1.35 bits per heavy atom. The second kappa shape index (κ2) is 4.65. The first-order chi connectivity index (χ1) is 8.20. The monoisotopic (exact) mass is 228 g/mol. The minimum absolute atomic E-state index is 0.482. The van der Waals surface area contributed by atoms with Gasteiger partial charge in [0.25, 0.3) is 0 Å². The van der Waals surface area contributed by atoms with E-state index in [0.717, 1.165) is 16.5 Å². The molecule has 0 aliphatic rings. The molecule has 0 unspecified atom stereocenters. The van der Waals surface area contributed by atoms with Gasteiger partial charge in [-0.2, -0.15) is 0 Å². The third-order valence-electron chi connectivity index (χ3n) is 2.36. The van der Waals surface area contributed by atoms with Gasteiger partial charge in [-0.1, -0.05) is 18.2 Å². The van der Waals surface area contributed by atoms with Crippen LogP contribution in [0.5, 0.6) is 5.88 Å². The van der Waals surface area contributed by atoms with Crippen LogP contribution < -0.4 is 10.5 Å². The molecule has 0 saturated heterocycles. The number of rotatable bonds is 3. The maximum Gasteiger partial charge on any atom is 0.241 e. The lowest BCUT2D eigenvalue weighted by Gasteiger charge is -2.04. The fourth-order valence-electron chi connectivity index (χ4n) is 1.57. The molecule has 4 nitrogen and oxygen atoms in total. The van der Waals surface area contributed by atoms with Crippen LogP contribution in [0.25, 0.3) is 17.0 Å². The molecule has 0 bridgehead atoms. The second-order valence-electron chi connectivity index (χ2n) is 3.51. The van der Waals surface area contributed by atoms with Crippen molar-refractivity contribution in [3.63, 3.8) is 0 Å². The predicted octanol–water partition coefficient (Wildman–Crippen LogP) is 1.74. The fraction of sp³-hybridized carbons (Fsp3) is 0.0769. The largest absolute Gasteiger partial charge is 0.481 e. The Bertz CT molecular complexity index is 591. The Hall–Kier alpha value is -2.36. The van der Waals surface area contributed by atoms with E-state index < -0.39 is 5.91 Å². The van der Waals surface area contributed by atoms with E-state index in [9.17, 15) is 4.79 Å². The highest BCUT2D eigenvalue weighted by atomic mass is 16.5. The molecular weight excluding hydrogens is 216 g/mol. The van der Waals surface area contributed by atoms with Gasteiger partial charge in [0.15, 0.2) is 0 Å². The van der Waals surface area contributed by atoms with Gasteiger partial charge in [-0.15, -0.1) is 0 Å². The zero-order valence-corrected chi connectivity index (χ0v) is 9.38. The van der Waals surface area contributed by atoms with E-state index in [2.05, 4.69) is 4.98 Å². The topological polar surface area (TPSA) is 65.2 Å². The molecule has 1 aromatic heterocycles. The van der Waals surface area contributed by atoms with Crippen molar-refractivity contribution in [3.8, 4) is 5.88 Å². The molecule has 1 aromatic carbocycles. The lowest BCUT2D eigenvalue weighted by Crippen LogP contribution is -2.05. The summed E-state index contributed by atoms with van der Waals surface area (Å²) in [5.74, 6) is 0.0577.